The Morgan fingerprint density at radius 2 is 1.65 bits per heavy atom. The van der Waals surface area contributed by atoms with Crippen LogP contribution < -0.4 is 9.47 Å². The minimum atomic E-state index is -0.828. The molecule has 2 aromatic rings. The molecule has 0 amide bonds. The van der Waals surface area contributed by atoms with Crippen molar-refractivity contribution < 1.29 is 14.5 Å². The van der Waals surface area contributed by atoms with E-state index in [9.17, 15) is 4.79 Å². The van der Waals surface area contributed by atoms with E-state index >= 15 is 0 Å². The first-order valence-electron chi connectivity index (χ1n) is 7.35. The largest absolute Gasteiger partial charge is 0.473 e. The van der Waals surface area contributed by atoms with Crippen LogP contribution in [0, 0.1) is 0 Å². The zero-order valence-electron chi connectivity index (χ0n) is 13.3. The van der Waals surface area contributed by atoms with Crippen molar-refractivity contribution in [2.45, 2.75) is 6.54 Å². The standard InChI is InChI=1S/C18H20N2O2S/c1-19(2)17-7-5-15(6-8-17)3-4-16-9-11-20(12-10-16)13-14-23-18(21)22/h3-12H,13-14H2,1-2H3/p+1. The van der Waals surface area contributed by atoms with Gasteiger partial charge in [0.05, 0.1) is 5.75 Å². The molecule has 120 valence electrons. The molecule has 0 spiro atoms. The number of nitrogens with zero attached hydrogens (tertiary/aromatic N) is 2. The van der Waals surface area contributed by atoms with Crippen LogP contribution in [0.3, 0.4) is 0 Å². The summed E-state index contributed by atoms with van der Waals surface area (Å²) in [5.41, 5.74) is 3.45. The molecule has 1 aromatic heterocycles. The van der Waals surface area contributed by atoms with Crippen LogP contribution in [0.2, 0.25) is 0 Å². The van der Waals surface area contributed by atoms with E-state index in [0.717, 1.165) is 22.9 Å². The van der Waals surface area contributed by atoms with Crippen molar-refractivity contribution in [2.24, 2.45) is 0 Å². The predicted octanol–water partition coefficient (Wildman–Crippen LogP) is 3.62. The molecule has 0 saturated heterocycles. The lowest BCUT2D eigenvalue weighted by Crippen LogP contribution is -2.33. The van der Waals surface area contributed by atoms with E-state index in [1.54, 1.807) is 0 Å². The van der Waals surface area contributed by atoms with Crippen LogP contribution in [0.5, 0.6) is 0 Å². The maximum Gasteiger partial charge on any atom is 0.365 e. The molecule has 5 heteroatoms. The average Bonchev–Trinajstić information content (AvgIpc) is 2.54. The molecule has 0 atom stereocenters. The molecular formula is C18H21N2O2S+. The van der Waals surface area contributed by atoms with Crippen LogP contribution in [0.4, 0.5) is 10.5 Å². The van der Waals surface area contributed by atoms with Crippen molar-refractivity contribution in [2.75, 3.05) is 24.7 Å². The normalized spacial score (nSPS) is 10.9. The smallest absolute Gasteiger partial charge is 0.365 e. The highest BCUT2D eigenvalue weighted by Gasteiger charge is 2.03. The van der Waals surface area contributed by atoms with Crippen molar-refractivity contribution in [1.29, 1.82) is 0 Å². The van der Waals surface area contributed by atoms with Gasteiger partial charge in [0.2, 0.25) is 0 Å². The Morgan fingerprint density at radius 3 is 2.17 bits per heavy atom. The molecule has 1 N–H and O–H groups in total. The van der Waals surface area contributed by atoms with Crippen LogP contribution >= 0.6 is 11.8 Å². The average molecular weight is 329 g/mol. The molecule has 1 heterocycles. The Kier molecular flexibility index (Phi) is 6.23. The number of anilines is 1. The molecule has 0 fully saturated rings. The van der Waals surface area contributed by atoms with E-state index in [1.165, 1.54) is 5.69 Å². The fraction of sp³-hybridized carbons (Fsp3) is 0.222. The van der Waals surface area contributed by atoms with Crippen LogP contribution in [0.15, 0.2) is 48.8 Å². The highest BCUT2D eigenvalue weighted by Crippen LogP contribution is 2.14. The summed E-state index contributed by atoms with van der Waals surface area (Å²) in [5, 5.41) is 7.77. The van der Waals surface area contributed by atoms with Gasteiger partial charge in [-0.3, -0.25) is 0 Å². The quantitative estimate of drug-likeness (QED) is 0.822. The first-order valence-corrected chi connectivity index (χ1v) is 8.33. The van der Waals surface area contributed by atoms with Gasteiger partial charge in [-0.1, -0.05) is 24.3 Å². The van der Waals surface area contributed by atoms with E-state index in [2.05, 4.69) is 41.3 Å². The second-order valence-electron chi connectivity index (χ2n) is 5.30. The number of thioether (sulfide) groups is 1. The van der Waals surface area contributed by atoms with Crippen molar-refractivity contribution in [3.8, 4) is 0 Å². The van der Waals surface area contributed by atoms with Gasteiger partial charge in [0.25, 0.3) is 0 Å². The molecule has 0 unspecified atom stereocenters. The van der Waals surface area contributed by atoms with E-state index in [1.807, 2.05) is 43.2 Å². The lowest BCUT2D eigenvalue weighted by Gasteiger charge is -2.11. The van der Waals surface area contributed by atoms with E-state index in [-0.39, 0.29) is 0 Å². The Balaban J connectivity index is 1.93. The van der Waals surface area contributed by atoms with Gasteiger partial charge < -0.3 is 10.0 Å². The fourth-order valence-electron chi connectivity index (χ4n) is 2.04. The minimum absolute atomic E-state index is 0.563. The zero-order valence-corrected chi connectivity index (χ0v) is 14.2. The number of hydrogen-bond donors (Lipinski definition) is 1. The Hall–Kier alpha value is -2.27. The molecule has 0 aliphatic heterocycles. The van der Waals surface area contributed by atoms with Crippen LogP contribution in [-0.2, 0) is 6.54 Å². The second kappa shape index (κ2) is 8.39. The molecule has 0 radical (unpaired) electrons. The van der Waals surface area contributed by atoms with Gasteiger partial charge in [0.15, 0.2) is 18.9 Å². The summed E-state index contributed by atoms with van der Waals surface area (Å²) in [4.78, 5) is 12.5. The lowest BCUT2D eigenvalue weighted by atomic mass is 10.1. The summed E-state index contributed by atoms with van der Waals surface area (Å²) in [6.45, 7) is 0.687. The molecule has 4 nitrogen and oxygen atoms in total. The predicted molar refractivity (Wildman–Crippen MR) is 96.8 cm³/mol. The van der Waals surface area contributed by atoms with Crippen molar-refractivity contribution in [1.82, 2.24) is 0 Å². The summed E-state index contributed by atoms with van der Waals surface area (Å²) in [6, 6.07) is 12.4. The third-order valence-corrected chi connectivity index (χ3v) is 4.00. The van der Waals surface area contributed by atoms with E-state index < -0.39 is 5.30 Å². The number of benzene rings is 1. The fourth-order valence-corrected chi connectivity index (χ4v) is 2.52. The molecule has 0 aliphatic rings. The van der Waals surface area contributed by atoms with Crippen LogP contribution in [0.1, 0.15) is 11.1 Å². The molecule has 0 aliphatic carbocycles. The highest BCUT2D eigenvalue weighted by atomic mass is 32.2. The summed E-state index contributed by atoms with van der Waals surface area (Å²) in [5.74, 6) is 0.563. The third kappa shape index (κ3) is 5.79. The maximum absolute atomic E-state index is 10.5. The number of aryl methyl sites for hydroxylation is 1. The first kappa shape index (κ1) is 17.1. The number of carbonyl (C=O) groups is 1. The van der Waals surface area contributed by atoms with Gasteiger partial charge in [-0.05, 0) is 35.0 Å². The molecule has 2 rings (SSSR count). The number of rotatable bonds is 6. The van der Waals surface area contributed by atoms with Gasteiger partial charge in [0, 0.05) is 31.9 Å². The highest BCUT2D eigenvalue weighted by molar-refractivity contribution is 8.13. The SMILES string of the molecule is CN(C)c1ccc(/C=C/c2cc[n+](CCSC(=O)O)cc2)cc1. The van der Waals surface area contributed by atoms with Gasteiger partial charge in [-0.25, -0.2) is 9.36 Å². The number of aromatic nitrogens is 1. The van der Waals surface area contributed by atoms with E-state index in [0.29, 0.717) is 12.3 Å². The van der Waals surface area contributed by atoms with Crippen molar-refractivity contribution in [3.05, 3.63) is 59.9 Å². The monoisotopic (exact) mass is 329 g/mol. The molecule has 1 aromatic carbocycles. The third-order valence-electron chi connectivity index (χ3n) is 3.37. The van der Waals surface area contributed by atoms with Gasteiger partial charge in [0.1, 0.15) is 0 Å². The molecule has 23 heavy (non-hydrogen) atoms. The van der Waals surface area contributed by atoms with Crippen LogP contribution in [-0.4, -0.2) is 30.3 Å². The summed E-state index contributed by atoms with van der Waals surface area (Å²) >= 11 is 0.919. The summed E-state index contributed by atoms with van der Waals surface area (Å²) < 4.78 is 1.99. The molecule has 0 saturated carbocycles. The first-order chi connectivity index (χ1) is 11.0. The van der Waals surface area contributed by atoms with E-state index in [4.69, 9.17) is 5.11 Å². The molecule has 0 bridgehead atoms. The minimum Gasteiger partial charge on any atom is -0.473 e. The van der Waals surface area contributed by atoms with Crippen molar-refractivity contribution >= 4 is 34.9 Å². The van der Waals surface area contributed by atoms with Gasteiger partial charge >= 0.3 is 5.30 Å². The summed E-state index contributed by atoms with van der Waals surface area (Å²) in [6.07, 6.45) is 8.09. The van der Waals surface area contributed by atoms with Crippen LogP contribution in [0.25, 0.3) is 12.2 Å². The maximum atomic E-state index is 10.5. The lowest BCUT2D eigenvalue weighted by molar-refractivity contribution is -0.692. The number of pyridine rings is 1. The topological polar surface area (TPSA) is 44.4 Å². The summed E-state index contributed by atoms with van der Waals surface area (Å²) in [7, 11) is 4.05. The number of hydrogen-bond acceptors (Lipinski definition) is 3. The molecular weight excluding hydrogens is 308 g/mol. The Bertz CT molecular complexity index is 664. The number of carboxylic acid groups (broad SMARTS) is 1. The van der Waals surface area contributed by atoms with Gasteiger partial charge in [-0.15, -0.1) is 0 Å². The van der Waals surface area contributed by atoms with Crippen molar-refractivity contribution in [3.63, 3.8) is 0 Å². The second-order valence-corrected chi connectivity index (χ2v) is 6.35. The zero-order chi connectivity index (χ0) is 16.7. The van der Waals surface area contributed by atoms with Gasteiger partial charge in [-0.2, -0.15) is 0 Å². The Labute approximate surface area is 141 Å². The Morgan fingerprint density at radius 1 is 1.09 bits per heavy atom.